The Labute approximate surface area is 148 Å². The number of aromatic nitrogens is 2. The zero-order valence-corrected chi connectivity index (χ0v) is 15.0. The molecule has 2 N–H and O–H groups in total. The van der Waals surface area contributed by atoms with Gasteiger partial charge < -0.3 is 15.5 Å². The average molecular weight is 345 g/mol. The van der Waals surface area contributed by atoms with E-state index in [1.165, 1.54) is 6.92 Å². The van der Waals surface area contributed by atoms with Gasteiger partial charge in [0.15, 0.2) is 0 Å². The van der Waals surface area contributed by atoms with E-state index in [1.807, 2.05) is 17.9 Å². The Kier molecular flexibility index (Phi) is 5.50. The molecule has 1 atom stereocenters. The number of hydrogen-bond acceptors (Lipinski definition) is 5. The molecule has 7 nitrogen and oxygen atoms in total. The van der Waals surface area contributed by atoms with Crippen molar-refractivity contribution in [1.29, 1.82) is 0 Å². The lowest BCUT2D eigenvalue weighted by atomic mass is 9.95. The van der Waals surface area contributed by atoms with Gasteiger partial charge in [-0.15, -0.1) is 5.10 Å². The molecule has 0 aromatic carbocycles. The molecule has 0 bridgehead atoms. The van der Waals surface area contributed by atoms with Crippen molar-refractivity contribution in [2.75, 3.05) is 18.4 Å². The van der Waals surface area contributed by atoms with Gasteiger partial charge in [-0.2, -0.15) is 5.10 Å². The van der Waals surface area contributed by atoms with Gasteiger partial charge in [0.2, 0.25) is 11.8 Å². The average Bonchev–Trinajstić information content (AvgIpc) is 3.13. The molecule has 2 amide bonds. The van der Waals surface area contributed by atoms with Crippen molar-refractivity contribution in [2.24, 2.45) is 5.92 Å². The second kappa shape index (κ2) is 7.80. The molecule has 1 aliphatic heterocycles. The minimum absolute atomic E-state index is 0.0366. The predicted octanol–water partition coefficient (Wildman–Crippen LogP) is 1.49. The summed E-state index contributed by atoms with van der Waals surface area (Å²) in [5.74, 6) is 0.896. The third-order valence-corrected chi connectivity index (χ3v) is 5.11. The lowest BCUT2D eigenvalue weighted by Gasteiger charge is -2.33. The first-order valence-corrected chi connectivity index (χ1v) is 9.23. The minimum atomic E-state index is -0.399. The highest BCUT2D eigenvalue weighted by Gasteiger charge is 2.35. The van der Waals surface area contributed by atoms with Crippen molar-refractivity contribution in [2.45, 2.75) is 58.5 Å². The summed E-state index contributed by atoms with van der Waals surface area (Å²) in [7, 11) is 0. The third-order valence-electron chi connectivity index (χ3n) is 5.11. The van der Waals surface area contributed by atoms with E-state index >= 15 is 0 Å². The lowest BCUT2D eigenvalue weighted by Crippen LogP contribution is -2.52. The van der Waals surface area contributed by atoms with Crippen LogP contribution in [0.4, 0.5) is 5.82 Å². The van der Waals surface area contributed by atoms with Crippen LogP contribution in [0.3, 0.4) is 0 Å². The van der Waals surface area contributed by atoms with Crippen LogP contribution in [0.1, 0.15) is 50.8 Å². The first kappa shape index (κ1) is 17.6. The Morgan fingerprint density at radius 2 is 2.08 bits per heavy atom. The summed E-state index contributed by atoms with van der Waals surface area (Å²) in [6.45, 7) is 5.44. The van der Waals surface area contributed by atoms with Crippen LogP contribution in [0.15, 0.2) is 6.07 Å². The van der Waals surface area contributed by atoms with Crippen LogP contribution in [-0.4, -0.2) is 46.0 Å². The molecule has 0 spiro atoms. The zero-order chi connectivity index (χ0) is 17.8. The van der Waals surface area contributed by atoms with Gasteiger partial charge in [0.1, 0.15) is 11.9 Å². The normalized spacial score (nSPS) is 18.6. The SMILES string of the molecule is CCNc1cc2c(nn1)CCN(C(=O)[C@@H](NC(C)=O)C1CCCC1)C2. The highest BCUT2D eigenvalue weighted by Crippen LogP contribution is 2.29. The van der Waals surface area contributed by atoms with Gasteiger partial charge in [-0.1, -0.05) is 12.8 Å². The first-order chi connectivity index (χ1) is 12.1. The van der Waals surface area contributed by atoms with Gasteiger partial charge in [-0.05, 0) is 37.3 Å². The fraction of sp³-hybridized carbons (Fsp3) is 0.667. The second-order valence-electron chi connectivity index (χ2n) is 6.96. The van der Waals surface area contributed by atoms with Crippen LogP contribution < -0.4 is 10.6 Å². The fourth-order valence-corrected chi connectivity index (χ4v) is 3.87. The molecular weight excluding hydrogens is 318 g/mol. The summed E-state index contributed by atoms with van der Waals surface area (Å²) in [5, 5.41) is 14.5. The van der Waals surface area contributed by atoms with E-state index in [0.717, 1.165) is 49.3 Å². The van der Waals surface area contributed by atoms with Crippen LogP contribution >= 0.6 is 0 Å². The molecule has 1 aliphatic carbocycles. The molecule has 3 rings (SSSR count). The van der Waals surface area contributed by atoms with Gasteiger partial charge in [0.05, 0.1) is 5.69 Å². The molecule has 1 saturated carbocycles. The molecule has 0 radical (unpaired) electrons. The number of amides is 2. The number of nitrogens with zero attached hydrogens (tertiary/aromatic N) is 3. The lowest BCUT2D eigenvalue weighted by molar-refractivity contribution is -0.138. The van der Waals surface area contributed by atoms with Crippen molar-refractivity contribution in [1.82, 2.24) is 20.4 Å². The maximum atomic E-state index is 13.1. The zero-order valence-electron chi connectivity index (χ0n) is 15.0. The molecule has 2 heterocycles. The molecule has 1 aromatic heterocycles. The molecular formula is C18H27N5O2. The summed E-state index contributed by atoms with van der Waals surface area (Å²) < 4.78 is 0. The molecule has 25 heavy (non-hydrogen) atoms. The molecule has 0 saturated heterocycles. The number of rotatable bonds is 5. The van der Waals surface area contributed by atoms with Gasteiger partial charge >= 0.3 is 0 Å². The Balaban J connectivity index is 1.75. The van der Waals surface area contributed by atoms with Crippen LogP contribution in [0.2, 0.25) is 0 Å². The van der Waals surface area contributed by atoms with Crippen LogP contribution in [0.25, 0.3) is 0 Å². The standard InChI is InChI=1S/C18H27N5O2/c1-3-19-16-10-14-11-23(9-8-15(14)21-22-16)18(25)17(20-12(2)24)13-6-4-5-7-13/h10,13,17H,3-9,11H2,1-2H3,(H,19,22)(H,20,24)/t17-/m0/s1. The van der Waals surface area contributed by atoms with Gasteiger partial charge in [-0.25, -0.2) is 0 Å². The topological polar surface area (TPSA) is 87.2 Å². The molecule has 2 aliphatic rings. The number of fused-ring (bicyclic) bond motifs is 1. The number of carbonyl (C=O) groups excluding carboxylic acids is 2. The van der Waals surface area contributed by atoms with E-state index in [-0.39, 0.29) is 17.7 Å². The van der Waals surface area contributed by atoms with Crippen molar-refractivity contribution in [3.63, 3.8) is 0 Å². The summed E-state index contributed by atoms with van der Waals surface area (Å²) >= 11 is 0. The van der Waals surface area contributed by atoms with E-state index < -0.39 is 6.04 Å². The molecule has 1 fully saturated rings. The van der Waals surface area contributed by atoms with E-state index in [1.54, 1.807) is 0 Å². The third kappa shape index (κ3) is 4.08. The maximum absolute atomic E-state index is 13.1. The van der Waals surface area contributed by atoms with Crippen LogP contribution in [-0.2, 0) is 22.6 Å². The number of nitrogens with one attached hydrogen (secondary N) is 2. The largest absolute Gasteiger partial charge is 0.369 e. The molecule has 136 valence electrons. The number of carbonyl (C=O) groups is 2. The quantitative estimate of drug-likeness (QED) is 0.844. The molecule has 7 heteroatoms. The monoisotopic (exact) mass is 345 g/mol. The van der Waals surface area contributed by atoms with Crippen molar-refractivity contribution >= 4 is 17.6 Å². The smallest absolute Gasteiger partial charge is 0.245 e. The highest BCUT2D eigenvalue weighted by molar-refractivity contribution is 5.87. The second-order valence-corrected chi connectivity index (χ2v) is 6.96. The predicted molar refractivity (Wildman–Crippen MR) is 94.9 cm³/mol. The fourth-order valence-electron chi connectivity index (χ4n) is 3.87. The minimum Gasteiger partial charge on any atom is -0.369 e. The summed E-state index contributed by atoms with van der Waals surface area (Å²) in [5.41, 5.74) is 2.00. The van der Waals surface area contributed by atoms with Crippen molar-refractivity contribution in [3.05, 3.63) is 17.3 Å². The Morgan fingerprint density at radius 3 is 2.76 bits per heavy atom. The highest BCUT2D eigenvalue weighted by atomic mass is 16.2. The van der Waals surface area contributed by atoms with E-state index in [9.17, 15) is 9.59 Å². The van der Waals surface area contributed by atoms with E-state index in [4.69, 9.17) is 0 Å². The van der Waals surface area contributed by atoms with Gasteiger partial charge in [0.25, 0.3) is 0 Å². The Bertz CT molecular complexity index is 642. The first-order valence-electron chi connectivity index (χ1n) is 9.23. The number of anilines is 1. The molecule has 0 unspecified atom stereocenters. The van der Waals surface area contributed by atoms with Crippen molar-refractivity contribution < 1.29 is 9.59 Å². The summed E-state index contributed by atoms with van der Waals surface area (Å²) in [6, 6.07) is 1.58. The van der Waals surface area contributed by atoms with Gasteiger partial charge in [0, 0.05) is 33.0 Å². The molecule has 1 aromatic rings. The number of hydrogen-bond donors (Lipinski definition) is 2. The van der Waals surface area contributed by atoms with E-state index in [2.05, 4.69) is 20.8 Å². The Morgan fingerprint density at radius 1 is 1.32 bits per heavy atom. The summed E-state index contributed by atoms with van der Waals surface area (Å²) in [4.78, 5) is 26.6. The van der Waals surface area contributed by atoms with Crippen LogP contribution in [0.5, 0.6) is 0 Å². The maximum Gasteiger partial charge on any atom is 0.245 e. The summed E-state index contributed by atoms with van der Waals surface area (Å²) in [6.07, 6.45) is 5.00. The van der Waals surface area contributed by atoms with Gasteiger partial charge in [-0.3, -0.25) is 9.59 Å². The van der Waals surface area contributed by atoms with Crippen LogP contribution in [0, 0.1) is 5.92 Å². The van der Waals surface area contributed by atoms with Crippen molar-refractivity contribution in [3.8, 4) is 0 Å². The van der Waals surface area contributed by atoms with E-state index in [0.29, 0.717) is 19.5 Å². The Hall–Kier alpha value is -2.18.